The number of methoxy groups -OCH3 is 1. The number of para-hydroxylation sites is 2. The van der Waals surface area contributed by atoms with E-state index in [1.165, 1.54) is 17.3 Å². The number of aliphatic imine (C=N–C) groups is 1. The molecule has 1 saturated heterocycles. The molecule has 4 rings (SSSR count). The van der Waals surface area contributed by atoms with Crippen LogP contribution in [0.2, 0.25) is 0 Å². The lowest BCUT2D eigenvalue weighted by Gasteiger charge is -2.15. The van der Waals surface area contributed by atoms with Gasteiger partial charge in [0.25, 0.3) is 0 Å². The van der Waals surface area contributed by atoms with Gasteiger partial charge in [0, 0.05) is 12.5 Å². The van der Waals surface area contributed by atoms with Gasteiger partial charge in [-0.25, -0.2) is 4.99 Å². The van der Waals surface area contributed by atoms with Crippen LogP contribution in [0.4, 0.5) is 11.4 Å². The van der Waals surface area contributed by atoms with Gasteiger partial charge < -0.3 is 10.1 Å². The second-order valence-electron chi connectivity index (χ2n) is 7.41. The van der Waals surface area contributed by atoms with Crippen molar-refractivity contribution < 1.29 is 14.3 Å². The standard InChI is InChI=1S/C23H25N3O3S/c1-3-15-8-10-16(11-9-15)24-23-26(17-12-13-17)22(28)20(30-23)14-21(27)25-18-6-4-5-7-19(18)29-2/h4-11,17,20H,3,12-14H2,1-2H3,(H,25,27)/t20-/m1/s1. The molecule has 2 fully saturated rings. The van der Waals surface area contributed by atoms with Crippen molar-refractivity contribution in [3.63, 3.8) is 0 Å². The van der Waals surface area contributed by atoms with Crippen molar-refractivity contribution in [1.82, 2.24) is 4.90 Å². The SMILES string of the molecule is CCc1ccc(N=C2S[C@H](CC(=O)Nc3ccccc3OC)C(=O)N2C2CC2)cc1. The van der Waals surface area contributed by atoms with Gasteiger partial charge in [0.15, 0.2) is 5.17 Å². The van der Waals surface area contributed by atoms with E-state index in [-0.39, 0.29) is 24.3 Å². The molecule has 7 heteroatoms. The first kappa shape index (κ1) is 20.5. The molecule has 0 unspecified atom stereocenters. The molecule has 0 aromatic heterocycles. The molecule has 2 aliphatic rings. The normalized spacial score (nSPS) is 19.9. The summed E-state index contributed by atoms with van der Waals surface area (Å²) in [6.07, 6.45) is 3.04. The quantitative estimate of drug-likeness (QED) is 0.717. The van der Waals surface area contributed by atoms with Crippen LogP contribution in [0.25, 0.3) is 0 Å². The minimum Gasteiger partial charge on any atom is -0.495 e. The first-order chi connectivity index (χ1) is 14.6. The van der Waals surface area contributed by atoms with Crippen molar-refractivity contribution in [2.24, 2.45) is 4.99 Å². The first-order valence-corrected chi connectivity index (χ1v) is 11.1. The van der Waals surface area contributed by atoms with Crippen LogP contribution < -0.4 is 10.1 Å². The van der Waals surface area contributed by atoms with Gasteiger partial charge in [-0.05, 0) is 49.1 Å². The van der Waals surface area contributed by atoms with Crippen LogP contribution in [-0.4, -0.2) is 40.3 Å². The van der Waals surface area contributed by atoms with Crippen molar-refractivity contribution in [1.29, 1.82) is 0 Å². The van der Waals surface area contributed by atoms with Crippen molar-refractivity contribution in [3.05, 3.63) is 54.1 Å². The van der Waals surface area contributed by atoms with Crippen molar-refractivity contribution in [2.45, 2.75) is 43.9 Å². The first-order valence-electron chi connectivity index (χ1n) is 10.2. The summed E-state index contributed by atoms with van der Waals surface area (Å²) in [7, 11) is 1.56. The molecule has 1 aliphatic heterocycles. The molecule has 0 spiro atoms. The fourth-order valence-corrected chi connectivity index (χ4v) is 4.61. The van der Waals surface area contributed by atoms with Crippen LogP contribution >= 0.6 is 11.8 Å². The van der Waals surface area contributed by atoms with E-state index in [2.05, 4.69) is 24.4 Å². The number of anilines is 1. The van der Waals surface area contributed by atoms with Gasteiger partial charge >= 0.3 is 0 Å². The summed E-state index contributed by atoms with van der Waals surface area (Å²) < 4.78 is 5.28. The number of amides is 2. The molecule has 0 bridgehead atoms. The Hall–Kier alpha value is -2.80. The summed E-state index contributed by atoms with van der Waals surface area (Å²) in [5, 5.41) is 3.09. The summed E-state index contributed by atoms with van der Waals surface area (Å²) in [5.74, 6) is 0.352. The number of ether oxygens (including phenoxy) is 1. The number of aryl methyl sites for hydroxylation is 1. The van der Waals surface area contributed by atoms with E-state index >= 15 is 0 Å². The molecule has 1 atom stereocenters. The molecule has 1 saturated carbocycles. The highest BCUT2D eigenvalue weighted by molar-refractivity contribution is 8.15. The van der Waals surface area contributed by atoms with Gasteiger partial charge in [-0.1, -0.05) is 43.0 Å². The minimum absolute atomic E-state index is 0.0263. The maximum absolute atomic E-state index is 13.0. The van der Waals surface area contributed by atoms with E-state index in [1.54, 1.807) is 24.1 Å². The minimum atomic E-state index is -0.464. The summed E-state index contributed by atoms with van der Waals surface area (Å²) in [6, 6.07) is 15.5. The van der Waals surface area contributed by atoms with E-state index < -0.39 is 5.25 Å². The van der Waals surface area contributed by atoms with E-state index in [0.29, 0.717) is 16.6 Å². The van der Waals surface area contributed by atoms with Crippen LogP contribution in [0.1, 0.15) is 31.7 Å². The van der Waals surface area contributed by atoms with Gasteiger partial charge in [-0.3, -0.25) is 14.5 Å². The summed E-state index contributed by atoms with van der Waals surface area (Å²) in [4.78, 5) is 32.2. The highest BCUT2D eigenvalue weighted by atomic mass is 32.2. The Bertz CT molecular complexity index is 970. The Labute approximate surface area is 180 Å². The van der Waals surface area contributed by atoms with Crippen LogP contribution in [0, 0.1) is 0 Å². The maximum Gasteiger partial charge on any atom is 0.242 e. The Balaban J connectivity index is 1.48. The predicted octanol–water partition coefficient (Wildman–Crippen LogP) is 4.38. The number of nitrogens with one attached hydrogen (secondary N) is 1. The number of carbonyl (C=O) groups excluding carboxylic acids is 2. The molecule has 1 N–H and O–H groups in total. The lowest BCUT2D eigenvalue weighted by molar-refractivity contribution is -0.128. The third kappa shape index (κ3) is 4.51. The van der Waals surface area contributed by atoms with E-state index in [4.69, 9.17) is 9.73 Å². The zero-order chi connectivity index (χ0) is 21.1. The zero-order valence-electron chi connectivity index (χ0n) is 17.1. The van der Waals surface area contributed by atoms with E-state index in [0.717, 1.165) is 24.9 Å². The van der Waals surface area contributed by atoms with Gasteiger partial charge in [-0.15, -0.1) is 0 Å². The van der Waals surface area contributed by atoms with Crippen molar-refractivity contribution in [2.75, 3.05) is 12.4 Å². The Morgan fingerprint density at radius 3 is 2.60 bits per heavy atom. The number of benzene rings is 2. The molecule has 1 aliphatic carbocycles. The zero-order valence-corrected chi connectivity index (χ0v) is 17.9. The van der Waals surface area contributed by atoms with E-state index in [9.17, 15) is 9.59 Å². The highest BCUT2D eigenvalue weighted by Gasteiger charge is 2.46. The Kier molecular flexibility index (Phi) is 6.08. The fraction of sp³-hybridized carbons (Fsp3) is 0.348. The number of hydrogen-bond acceptors (Lipinski definition) is 5. The third-order valence-corrected chi connectivity index (χ3v) is 6.35. The van der Waals surface area contributed by atoms with Crippen LogP contribution in [-0.2, 0) is 16.0 Å². The molecule has 0 radical (unpaired) electrons. The lowest BCUT2D eigenvalue weighted by Crippen LogP contribution is -2.35. The molecule has 6 nitrogen and oxygen atoms in total. The lowest BCUT2D eigenvalue weighted by atomic mass is 10.2. The van der Waals surface area contributed by atoms with Crippen LogP contribution in [0.3, 0.4) is 0 Å². The monoisotopic (exact) mass is 423 g/mol. The fourth-order valence-electron chi connectivity index (χ4n) is 3.40. The number of hydrogen-bond donors (Lipinski definition) is 1. The second kappa shape index (κ2) is 8.92. The third-order valence-electron chi connectivity index (χ3n) is 5.20. The molecular weight excluding hydrogens is 398 g/mol. The molecule has 2 aromatic rings. The van der Waals surface area contributed by atoms with Crippen LogP contribution in [0.5, 0.6) is 5.75 Å². The maximum atomic E-state index is 13.0. The van der Waals surface area contributed by atoms with E-state index in [1.807, 2.05) is 24.3 Å². The molecule has 156 valence electrons. The Morgan fingerprint density at radius 2 is 1.93 bits per heavy atom. The number of rotatable bonds is 7. The largest absolute Gasteiger partial charge is 0.495 e. The van der Waals surface area contributed by atoms with Gasteiger partial charge in [0.1, 0.15) is 11.0 Å². The summed E-state index contributed by atoms with van der Waals surface area (Å²) >= 11 is 1.38. The average molecular weight is 424 g/mol. The van der Waals surface area contributed by atoms with Gasteiger partial charge in [0.2, 0.25) is 11.8 Å². The summed E-state index contributed by atoms with van der Waals surface area (Å²) in [6.45, 7) is 2.11. The Morgan fingerprint density at radius 1 is 1.20 bits per heavy atom. The van der Waals surface area contributed by atoms with Crippen LogP contribution in [0.15, 0.2) is 53.5 Å². The number of thioether (sulfide) groups is 1. The number of carbonyl (C=O) groups is 2. The predicted molar refractivity (Wildman–Crippen MR) is 120 cm³/mol. The molecule has 30 heavy (non-hydrogen) atoms. The number of nitrogens with zero attached hydrogens (tertiary/aromatic N) is 2. The van der Waals surface area contributed by atoms with Gasteiger partial charge in [-0.2, -0.15) is 0 Å². The number of amidine groups is 1. The average Bonchev–Trinajstić information content (AvgIpc) is 3.54. The molecular formula is C23H25N3O3S. The highest BCUT2D eigenvalue weighted by Crippen LogP contribution is 2.39. The topological polar surface area (TPSA) is 71.0 Å². The van der Waals surface area contributed by atoms with Crippen molar-refractivity contribution >= 4 is 40.1 Å². The molecule has 2 aromatic carbocycles. The smallest absolute Gasteiger partial charge is 0.242 e. The summed E-state index contributed by atoms with van der Waals surface area (Å²) in [5.41, 5.74) is 2.68. The van der Waals surface area contributed by atoms with Gasteiger partial charge in [0.05, 0.1) is 18.5 Å². The second-order valence-corrected chi connectivity index (χ2v) is 8.58. The van der Waals surface area contributed by atoms with Crippen molar-refractivity contribution in [3.8, 4) is 5.75 Å². The molecule has 2 amide bonds. The molecule has 1 heterocycles.